The van der Waals surface area contributed by atoms with E-state index in [1.807, 2.05) is 6.92 Å². The number of likely N-dealkylation sites (N-methyl/N-ethyl adjacent to an activating group) is 1. The van der Waals surface area contributed by atoms with E-state index in [0.29, 0.717) is 6.04 Å². The zero-order chi connectivity index (χ0) is 13.3. The molecule has 17 heavy (non-hydrogen) atoms. The third-order valence-electron chi connectivity index (χ3n) is 3.58. The number of methoxy groups -OCH3 is 1. The third kappa shape index (κ3) is 6.36. The van der Waals surface area contributed by atoms with Crippen LogP contribution in [-0.4, -0.2) is 55.0 Å². The molecule has 0 aliphatic heterocycles. The molecule has 0 saturated carbocycles. The Hall–Kier alpha value is -0.160. The van der Waals surface area contributed by atoms with Crippen LogP contribution in [-0.2, 0) is 4.74 Å². The third-order valence-corrected chi connectivity index (χ3v) is 3.58. The number of ether oxygens (including phenoxy) is 1. The Morgan fingerprint density at radius 1 is 1.41 bits per heavy atom. The molecule has 0 amide bonds. The highest BCUT2D eigenvalue weighted by Crippen LogP contribution is 2.14. The molecule has 4 heteroatoms. The first kappa shape index (κ1) is 16.8. The van der Waals surface area contributed by atoms with Crippen molar-refractivity contribution >= 4 is 0 Å². The molecule has 0 aromatic heterocycles. The van der Waals surface area contributed by atoms with Gasteiger partial charge in [-0.3, -0.25) is 4.90 Å². The summed E-state index contributed by atoms with van der Waals surface area (Å²) in [6.07, 6.45) is 2.71. The predicted octanol–water partition coefficient (Wildman–Crippen LogP) is 1.22. The maximum Gasteiger partial charge on any atom is 0.0615 e. The lowest BCUT2D eigenvalue weighted by Crippen LogP contribution is -2.44. The summed E-state index contributed by atoms with van der Waals surface area (Å²) >= 11 is 0. The van der Waals surface area contributed by atoms with Gasteiger partial charge in [0.25, 0.3) is 0 Å². The molecule has 3 N–H and O–H groups in total. The second-order valence-electron chi connectivity index (χ2n) is 4.91. The van der Waals surface area contributed by atoms with Gasteiger partial charge in [0.1, 0.15) is 0 Å². The molecule has 0 bridgehead atoms. The smallest absolute Gasteiger partial charge is 0.0615 e. The lowest BCUT2D eigenvalue weighted by molar-refractivity contribution is 0.0975. The lowest BCUT2D eigenvalue weighted by atomic mass is 9.92. The standard InChI is InChI=1S/C13H30N2O2/c1-5-13(14,11-16)8-7-9-15(6-2)12(3)10-17-4/h12,16H,5-11,14H2,1-4H3. The Morgan fingerprint density at radius 3 is 2.47 bits per heavy atom. The highest BCUT2D eigenvalue weighted by Gasteiger charge is 2.21. The zero-order valence-corrected chi connectivity index (χ0v) is 11.9. The number of nitrogens with zero attached hydrogens (tertiary/aromatic N) is 1. The summed E-state index contributed by atoms with van der Waals surface area (Å²) in [5.41, 5.74) is 5.67. The van der Waals surface area contributed by atoms with Crippen molar-refractivity contribution in [3.8, 4) is 0 Å². The second-order valence-corrected chi connectivity index (χ2v) is 4.91. The minimum atomic E-state index is -0.399. The molecule has 0 fully saturated rings. The summed E-state index contributed by atoms with van der Waals surface area (Å²) < 4.78 is 5.17. The van der Waals surface area contributed by atoms with E-state index in [-0.39, 0.29) is 6.61 Å². The van der Waals surface area contributed by atoms with Crippen molar-refractivity contribution in [2.45, 2.75) is 51.6 Å². The summed E-state index contributed by atoms with van der Waals surface area (Å²) in [6, 6.07) is 0.438. The van der Waals surface area contributed by atoms with Crippen molar-refractivity contribution in [1.29, 1.82) is 0 Å². The molecular formula is C13H30N2O2. The summed E-state index contributed by atoms with van der Waals surface area (Å²) in [4.78, 5) is 2.39. The molecule has 0 spiro atoms. The summed E-state index contributed by atoms with van der Waals surface area (Å²) in [7, 11) is 1.73. The van der Waals surface area contributed by atoms with E-state index < -0.39 is 5.54 Å². The summed E-state index contributed by atoms with van der Waals surface area (Å²) in [6.45, 7) is 9.23. The first-order chi connectivity index (χ1) is 8.02. The van der Waals surface area contributed by atoms with Gasteiger partial charge < -0.3 is 15.6 Å². The SMILES string of the molecule is CCN(CCCC(N)(CC)CO)C(C)COC. The summed E-state index contributed by atoms with van der Waals surface area (Å²) in [5, 5.41) is 9.24. The van der Waals surface area contributed by atoms with E-state index in [0.717, 1.165) is 39.0 Å². The maximum absolute atomic E-state index is 9.24. The van der Waals surface area contributed by atoms with E-state index in [1.54, 1.807) is 7.11 Å². The van der Waals surface area contributed by atoms with Crippen molar-refractivity contribution in [3.05, 3.63) is 0 Å². The number of nitrogens with two attached hydrogens (primary N) is 1. The van der Waals surface area contributed by atoms with Gasteiger partial charge in [0.2, 0.25) is 0 Å². The van der Waals surface area contributed by atoms with Crippen LogP contribution in [0.5, 0.6) is 0 Å². The number of hydrogen-bond acceptors (Lipinski definition) is 4. The van der Waals surface area contributed by atoms with Crippen molar-refractivity contribution in [1.82, 2.24) is 4.90 Å². The predicted molar refractivity (Wildman–Crippen MR) is 72.1 cm³/mol. The van der Waals surface area contributed by atoms with Crippen LogP contribution >= 0.6 is 0 Å². The molecule has 0 saturated heterocycles. The van der Waals surface area contributed by atoms with Crippen LogP contribution in [0.4, 0.5) is 0 Å². The first-order valence-electron chi connectivity index (χ1n) is 6.65. The van der Waals surface area contributed by atoms with Crippen LogP contribution in [0.2, 0.25) is 0 Å². The molecule has 0 aromatic rings. The van der Waals surface area contributed by atoms with E-state index in [1.165, 1.54) is 0 Å². The van der Waals surface area contributed by atoms with Gasteiger partial charge in [0.05, 0.1) is 13.2 Å². The van der Waals surface area contributed by atoms with Crippen molar-refractivity contribution < 1.29 is 9.84 Å². The van der Waals surface area contributed by atoms with Gasteiger partial charge in [-0.15, -0.1) is 0 Å². The molecule has 0 radical (unpaired) electrons. The quantitative estimate of drug-likeness (QED) is 0.608. The monoisotopic (exact) mass is 246 g/mol. The molecule has 0 aliphatic rings. The average Bonchev–Trinajstić information content (AvgIpc) is 2.34. The Labute approximate surface area is 106 Å². The molecular weight excluding hydrogens is 216 g/mol. The molecule has 0 rings (SSSR count). The van der Waals surface area contributed by atoms with Gasteiger partial charge in [-0.05, 0) is 39.3 Å². The fourth-order valence-corrected chi connectivity index (χ4v) is 2.04. The van der Waals surface area contributed by atoms with Crippen LogP contribution in [0, 0.1) is 0 Å². The minimum Gasteiger partial charge on any atom is -0.394 e. The first-order valence-corrected chi connectivity index (χ1v) is 6.65. The minimum absolute atomic E-state index is 0.0727. The Balaban J connectivity index is 3.98. The van der Waals surface area contributed by atoms with Crippen molar-refractivity contribution in [3.63, 3.8) is 0 Å². The van der Waals surface area contributed by atoms with E-state index in [2.05, 4.69) is 18.7 Å². The van der Waals surface area contributed by atoms with Gasteiger partial charge in [-0.2, -0.15) is 0 Å². The van der Waals surface area contributed by atoms with Gasteiger partial charge in [-0.25, -0.2) is 0 Å². The lowest BCUT2D eigenvalue weighted by Gasteiger charge is -2.30. The van der Waals surface area contributed by atoms with Crippen LogP contribution in [0.1, 0.15) is 40.0 Å². The Bertz CT molecular complexity index is 184. The normalized spacial score (nSPS) is 17.1. The van der Waals surface area contributed by atoms with E-state index in [4.69, 9.17) is 10.5 Å². The molecule has 0 aliphatic carbocycles. The Kier molecular flexibility index (Phi) is 8.78. The highest BCUT2D eigenvalue weighted by molar-refractivity contribution is 4.82. The number of aliphatic hydroxyl groups is 1. The average molecular weight is 246 g/mol. The highest BCUT2D eigenvalue weighted by atomic mass is 16.5. The van der Waals surface area contributed by atoms with Crippen LogP contribution < -0.4 is 5.73 Å². The second kappa shape index (κ2) is 8.86. The van der Waals surface area contributed by atoms with Crippen LogP contribution in [0.15, 0.2) is 0 Å². The fourth-order valence-electron chi connectivity index (χ4n) is 2.04. The Morgan fingerprint density at radius 2 is 2.06 bits per heavy atom. The molecule has 2 unspecified atom stereocenters. The van der Waals surface area contributed by atoms with Gasteiger partial charge >= 0.3 is 0 Å². The van der Waals surface area contributed by atoms with E-state index >= 15 is 0 Å². The molecule has 4 nitrogen and oxygen atoms in total. The van der Waals surface area contributed by atoms with Gasteiger partial charge in [0, 0.05) is 18.7 Å². The molecule has 2 atom stereocenters. The zero-order valence-electron chi connectivity index (χ0n) is 11.9. The van der Waals surface area contributed by atoms with Gasteiger partial charge in [-0.1, -0.05) is 13.8 Å². The number of aliphatic hydroxyl groups excluding tert-OH is 1. The van der Waals surface area contributed by atoms with Crippen molar-refractivity contribution in [2.75, 3.05) is 33.4 Å². The number of hydrogen-bond donors (Lipinski definition) is 2. The van der Waals surface area contributed by atoms with Gasteiger partial charge in [0.15, 0.2) is 0 Å². The van der Waals surface area contributed by atoms with Crippen LogP contribution in [0.3, 0.4) is 0 Å². The number of rotatable bonds is 10. The van der Waals surface area contributed by atoms with Crippen LogP contribution in [0.25, 0.3) is 0 Å². The summed E-state index contributed by atoms with van der Waals surface area (Å²) in [5.74, 6) is 0. The van der Waals surface area contributed by atoms with E-state index in [9.17, 15) is 5.11 Å². The molecule has 104 valence electrons. The molecule has 0 aromatic carbocycles. The van der Waals surface area contributed by atoms with Crippen molar-refractivity contribution in [2.24, 2.45) is 5.73 Å². The topological polar surface area (TPSA) is 58.7 Å². The largest absolute Gasteiger partial charge is 0.394 e. The molecule has 0 heterocycles. The maximum atomic E-state index is 9.24. The fraction of sp³-hybridized carbons (Fsp3) is 1.00.